The third kappa shape index (κ3) is 2.94. The summed E-state index contributed by atoms with van der Waals surface area (Å²) in [6.45, 7) is 1.76. The average Bonchev–Trinajstić information content (AvgIpc) is 2.23. The highest BCUT2D eigenvalue weighted by molar-refractivity contribution is 9.09. The highest BCUT2D eigenvalue weighted by atomic mass is 79.9. The maximum absolute atomic E-state index is 6.12. The van der Waals surface area contributed by atoms with Gasteiger partial charge in [0, 0.05) is 18.0 Å². The van der Waals surface area contributed by atoms with E-state index < -0.39 is 0 Å². The van der Waals surface area contributed by atoms with Crippen LogP contribution in [-0.4, -0.2) is 30.2 Å². The SMILES string of the molecule is BrC1CCCCC1OC1CCOCC1. The van der Waals surface area contributed by atoms with E-state index in [2.05, 4.69) is 15.9 Å². The Balaban J connectivity index is 1.76. The van der Waals surface area contributed by atoms with Crippen LogP contribution in [0.5, 0.6) is 0 Å². The summed E-state index contributed by atoms with van der Waals surface area (Å²) in [6.07, 6.45) is 8.24. The first-order valence-electron chi connectivity index (χ1n) is 5.73. The first-order chi connectivity index (χ1) is 6.86. The summed E-state index contributed by atoms with van der Waals surface area (Å²) in [5, 5.41) is 0. The van der Waals surface area contributed by atoms with Crippen LogP contribution in [0.3, 0.4) is 0 Å². The van der Waals surface area contributed by atoms with Crippen molar-refractivity contribution in [2.75, 3.05) is 13.2 Å². The second kappa shape index (κ2) is 5.47. The molecule has 1 heterocycles. The molecule has 14 heavy (non-hydrogen) atoms. The van der Waals surface area contributed by atoms with Gasteiger partial charge in [-0.3, -0.25) is 0 Å². The van der Waals surface area contributed by atoms with Gasteiger partial charge in [-0.15, -0.1) is 0 Å². The lowest BCUT2D eigenvalue weighted by Crippen LogP contribution is -2.34. The maximum atomic E-state index is 6.12. The van der Waals surface area contributed by atoms with Gasteiger partial charge in [0.1, 0.15) is 0 Å². The quantitative estimate of drug-likeness (QED) is 0.713. The maximum Gasteiger partial charge on any atom is 0.0703 e. The fraction of sp³-hybridized carbons (Fsp3) is 1.00. The molecule has 82 valence electrons. The van der Waals surface area contributed by atoms with Crippen molar-refractivity contribution in [1.29, 1.82) is 0 Å². The number of ether oxygens (including phenoxy) is 2. The van der Waals surface area contributed by atoms with Gasteiger partial charge in [0.25, 0.3) is 0 Å². The predicted molar refractivity (Wildman–Crippen MR) is 59.9 cm³/mol. The minimum atomic E-state index is 0.451. The van der Waals surface area contributed by atoms with Crippen LogP contribution < -0.4 is 0 Å². The summed E-state index contributed by atoms with van der Waals surface area (Å²) in [4.78, 5) is 0.582. The normalized spacial score (nSPS) is 35.8. The van der Waals surface area contributed by atoms with E-state index in [0.29, 0.717) is 17.0 Å². The molecule has 2 fully saturated rings. The van der Waals surface area contributed by atoms with Gasteiger partial charge in [-0.25, -0.2) is 0 Å². The molecule has 0 aromatic heterocycles. The molecule has 1 saturated heterocycles. The smallest absolute Gasteiger partial charge is 0.0703 e. The molecule has 2 unspecified atom stereocenters. The molecule has 2 atom stereocenters. The first-order valence-corrected chi connectivity index (χ1v) is 6.65. The Morgan fingerprint density at radius 3 is 2.43 bits per heavy atom. The van der Waals surface area contributed by atoms with E-state index in [9.17, 15) is 0 Å². The molecule has 3 heteroatoms. The van der Waals surface area contributed by atoms with Crippen LogP contribution in [-0.2, 0) is 9.47 Å². The Bertz CT molecular complexity index is 169. The standard InChI is InChI=1S/C11H19BrO2/c12-10-3-1-2-4-11(10)14-9-5-7-13-8-6-9/h9-11H,1-8H2. The van der Waals surface area contributed by atoms with Crippen LogP contribution in [0.15, 0.2) is 0 Å². The number of rotatable bonds is 2. The van der Waals surface area contributed by atoms with Crippen LogP contribution in [0.1, 0.15) is 38.5 Å². The lowest BCUT2D eigenvalue weighted by Gasteiger charge is -2.32. The summed E-state index contributed by atoms with van der Waals surface area (Å²) < 4.78 is 11.4. The molecule has 0 N–H and O–H groups in total. The zero-order valence-corrected chi connectivity index (χ0v) is 10.2. The van der Waals surface area contributed by atoms with Crippen molar-refractivity contribution in [2.24, 2.45) is 0 Å². The molecule has 0 radical (unpaired) electrons. The zero-order valence-electron chi connectivity index (χ0n) is 8.58. The summed E-state index contributed by atoms with van der Waals surface area (Å²) >= 11 is 3.73. The van der Waals surface area contributed by atoms with Crippen molar-refractivity contribution in [3.05, 3.63) is 0 Å². The largest absolute Gasteiger partial charge is 0.381 e. The molecular weight excluding hydrogens is 244 g/mol. The van der Waals surface area contributed by atoms with Gasteiger partial charge in [0.05, 0.1) is 12.2 Å². The molecule has 2 aliphatic rings. The van der Waals surface area contributed by atoms with Crippen molar-refractivity contribution < 1.29 is 9.47 Å². The molecule has 2 rings (SSSR count). The van der Waals surface area contributed by atoms with Gasteiger partial charge in [-0.2, -0.15) is 0 Å². The molecule has 0 spiro atoms. The van der Waals surface area contributed by atoms with E-state index in [1.165, 1.54) is 25.7 Å². The number of hydrogen-bond donors (Lipinski definition) is 0. The molecule has 1 aliphatic carbocycles. The molecular formula is C11H19BrO2. The number of hydrogen-bond acceptors (Lipinski definition) is 2. The second-order valence-electron chi connectivity index (χ2n) is 4.29. The number of halogens is 1. The zero-order chi connectivity index (χ0) is 9.80. The fourth-order valence-corrected chi connectivity index (χ4v) is 2.98. The van der Waals surface area contributed by atoms with Crippen molar-refractivity contribution >= 4 is 15.9 Å². The van der Waals surface area contributed by atoms with Crippen LogP contribution >= 0.6 is 15.9 Å². The van der Waals surface area contributed by atoms with Crippen molar-refractivity contribution in [3.8, 4) is 0 Å². The van der Waals surface area contributed by atoms with E-state index in [4.69, 9.17) is 9.47 Å². The van der Waals surface area contributed by atoms with E-state index in [-0.39, 0.29) is 0 Å². The van der Waals surface area contributed by atoms with E-state index in [0.717, 1.165) is 26.1 Å². The highest BCUT2D eigenvalue weighted by Crippen LogP contribution is 2.29. The van der Waals surface area contributed by atoms with Crippen molar-refractivity contribution in [1.82, 2.24) is 0 Å². The van der Waals surface area contributed by atoms with Gasteiger partial charge in [-0.1, -0.05) is 28.8 Å². The third-order valence-corrected chi connectivity index (χ3v) is 4.21. The van der Waals surface area contributed by atoms with Gasteiger partial charge >= 0.3 is 0 Å². The second-order valence-corrected chi connectivity index (χ2v) is 5.46. The Hall–Kier alpha value is 0.400. The molecule has 0 aromatic rings. The van der Waals surface area contributed by atoms with Crippen LogP contribution in [0.4, 0.5) is 0 Å². The van der Waals surface area contributed by atoms with Crippen molar-refractivity contribution in [2.45, 2.75) is 55.6 Å². The third-order valence-electron chi connectivity index (χ3n) is 3.16. The topological polar surface area (TPSA) is 18.5 Å². The van der Waals surface area contributed by atoms with Crippen LogP contribution in [0.25, 0.3) is 0 Å². The Kier molecular flexibility index (Phi) is 4.26. The summed E-state index contributed by atoms with van der Waals surface area (Å²) in [5.74, 6) is 0. The van der Waals surface area contributed by atoms with Gasteiger partial charge in [0.15, 0.2) is 0 Å². The Morgan fingerprint density at radius 1 is 1.00 bits per heavy atom. The minimum absolute atomic E-state index is 0.451. The highest BCUT2D eigenvalue weighted by Gasteiger charge is 2.27. The Labute approximate surface area is 94.5 Å². The summed E-state index contributed by atoms with van der Waals surface area (Å²) in [6, 6.07) is 0. The molecule has 0 bridgehead atoms. The number of alkyl halides is 1. The Morgan fingerprint density at radius 2 is 1.71 bits per heavy atom. The minimum Gasteiger partial charge on any atom is -0.381 e. The fourth-order valence-electron chi connectivity index (χ4n) is 2.26. The van der Waals surface area contributed by atoms with E-state index in [1.807, 2.05) is 0 Å². The monoisotopic (exact) mass is 262 g/mol. The molecule has 0 amide bonds. The molecule has 1 aliphatic heterocycles. The van der Waals surface area contributed by atoms with Crippen LogP contribution in [0, 0.1) is 0 Å². The molecule has 2 nitrogen and oxygen atoms in total. The first kappa shape index (κ1) is 10.9. The van der Waals surface area contributed by atoms with Gasteiger partial charge in [0.2, 0.25) is 0 Å². The summed E-state index contributed by atoms with van der Waals surface area (Å²) in [7, 11) is 0. The average molecular weight is 263 g/mol. The molecule has 1 saturated carbocycles. The van der Waals surface area contributed by atoms with Gasteiger partial charge in [-0.05, 0) is 25.7 Å². The predicted octanol–water partition coefficient (Wildman–Crippen LogP) is 2.89. The van der Waals surface area contributed by atoms with E-state index in [1.54, 1.807) is 0 Å². The molecule has 0 aromatic carbocycles. The van der Waals surface area contributed by atoms with Gasteiger partial charge < -0.3 is 9.47 Å². The lowest BCUT2D eigenvalue weighted by atomic mass is 9.97. The van der Waals surface area contributed by atoms with Crippen LogP contribution in [0.2, 0.25) is 0 Å². The van der Waals surface area contributed by atoms with E-state index >= 15 is 0 Å². The summed E-state index contributed by atoms with van der Waals surface area (Å²) in [5.41, 5.74) is 0. The lowest BCUT2D eigenvalue weighted by molar-refractivity contribution is -0.0750. The van der Waals surface area contributed by atoms with Crippen molar-refractivity contribution in [3.63, 3.8) is 0 Å².